The molecule has 0 amide bonds. The van der Waals surface area contributed by atoms with Gasteiger partial charge in [0.1, 0.15) is 11.5 Å². The van der Waals surface area contributed by atoms with Gasteiger partial charge < -0.3 is 9.47 Å². The van der Waals surface area contributed by atoms with Crippen LogP contribution in [0.2, 0.25) is 0 Å². The van der Waals surface area contributed by atoms with Crippen LogP contribution in [0.4, 0.5) is 0 Å². The van der Waals surface area contributed by atoms with Crippen LogP contribution < -0.4 is 4.74 Å². The van der Waals surface area contributed by atoms with E-state index in [0.717, 1.165) is 28.9 Å². The van der Waals surface area contributed by atoms with Gasteiger partial charge in [-0.1, -0.05) is 22.0 Å². The molecule has 172 valence electrons. The van der Waals surface area contributed by atoms with Crippen molar-refractivity contribution < 1.29 is 14.3 Å². The van der Waals surface area contributed by atoms with Crippen molar-refractivity contribution in [1.82, 2.24) is 4.90 Å². The number of benzene rings is 2. The molecule has 0 N–H and O–H groups in total. The van der Waals surface area contributed by atoms with Crippen molar-refractivity contribution >= 4 is 33.7 Å². The van der Waals surface area contributed by atoms with E-state index < -0.39 is 5.41 Å². The lowest BCUT2D eigenvalue weighted by molar-refractivity contribution is -0.153. The van der Waals surface area contributed by atoms with Gasteiger partial charge in [0, 0.05) is 33.6 Å². The Bertz CT molecular complexity index is 950. The molecule has 1 saturated heterocycles. The summed E-state index contributed by atoms with van der Waals surface area (Å²) in [6.07, 6.45) is 5.32. The number of hydrogen-bond acceptors (Lipinski definition) is 5. The van der Waals surface area contributed by atoms with Crippen LogP contribution in [0.15, 0.2) is 64.5 Å². The van der Waals surface area contributed by atoms with Crippen molar-refractivity contribution in [1.29, 1.82) is 0 Å². The van der Waals surface area contributed by atoms with Crippen LogP contribution >= 0.6 is 27.7 Å². The van der Waals surface area contributed by atoms with Crippen molar-refractivity contribution in [3.63, 3.8) is 0 Å². The number of carbonyl (C=O) groups excluding carboxylic acids is 1. The molecule has 2 aromatic rings. The van der Waals surface area contributed by atoms with Crippen LogP contribution in [0, 0.1) is 0 Å². The smallest absolute Gasteiger partial charge is 0.316 e. The van der Waals surface area contributed by atoms with Crippen molar-refractivity contribution in [3.05, 3.63) is 65.2 Å². The van der Waals surface area contributed by atoms with E-state index >= 15 is 0 Å². The Morgan fingerprint density at radius 1 is 1.22 bits per heavy atom. The lowest BCUT2D eigenvalue weighted by atomic mass is 9.71. The SMILES string of the molecule is C=CC(C)(C)N1CCC(C(=O)OCC)(c2cc(Br)ccc2Oc2ccc(SC)cc2)CC1. The molecule has 0 aliphatic carbocycles. The van der Waals surface area contributed by atoms with Crippen LogP contribution in [0.3, 0.4) is 0 Å². The minimum atomic E-state index is -0.762. The predicted molar refractivity (Wildman–Crippen MR) is 136 cm³/mol. The first kappa shape index (κ1) is 24.9. The van der Waals surface area contributed by atoms with Gasteiger partial charge in [0.05, 0.1) is 12.0 Å². The van der Waals surface area contributed by atoms with E-state index in [1.807, 2.05) is 61.7 Å². The zero-order valence-electron chi connectivity index (χ0n) is 19.3. The molecule has 0 spiro atoms. The van der Waals surface area contributed by atoms with Crippen LogP contribution in [-0.2, 0) is 14.9 Å². The van der Waals surface area contributed by atoms with E-state index in [1.54, 1.807) is 11.8 Å². The number of ether oxygens (including phenoxy) is 2. The summed E-state index contributed by atoms with van der Waals surface area (Å²) in [6, 6.07) is 13.9. The minimum absolute atomic E-state index is 0.129. The molecular weight excluding hydrogens is 486 g/mol. The number of carbonyl (C=O) groups is 1. The number of esters is 1. The first-order valence-corrected chi connectivity index (χ1v) is 13.0. The van der Waals surface area contributed by atoms with Gasteiger partial charge in [-0.2, -0.15) is 0 Å². The monoisotopic (exact) mass is 517 g/mol. The Morgan fingerprint density at radius 3 is 2.44 bits per heavy atom. The van der Waals surface area contributed by atoms with Crippen molar-refractivity contribution in [3.8, 4) is 11.5 Å². The molecule has 32 heavy (non-hydrogen) atoms. The second kappa shape index (κ2) is 10.4. The normalized spacial score (nSPS) is 16.4. The van der Waals surface area contributed by atoms with Crippen molar-refractivity contribution in [2.24, 2.45) is 0 Å². The number of rotatable bonds is 8. The highest BCUT2D eigenvalue weighted by Gasteiger charge is 2.47. The molecule has 0 unspecified atom stereocenters. The van der Waals surface area contributed by atoms with E-state index in [-0.39, 0.29) is 11.5 Å². The van der Waals surface area contributed by atoms with Gasteiger partial charge in [0.2, 0.25) is 0 Å². The molecule has 0 bridgehead atoms. The molecule has 1 aliphatic rings. The maximum Gasteiger partial charge on any atom is 0.316 e. The summed E-state index contributed by atoms with van der Waals surface area (Å²) in [4.78, 5) is 17.0. The molecule has 0 radical (unpaired) electrons. The third kappa shape index (κ3) is 5.24. The number of nitrogens with zero attached hydrogens (tertiary/aromatic N) is 1. The average molecular weight is 519 g/mol. The largest absolute Gasteiger partial charge is 0.465 e. The Hall–Kier alpha value is -1.76. The first-order chi connectivity index (χ1) is 15.3. The second-order valence-electron chi connectivity index (χ2n) is 8.57. The standard InChI is InChI=1S/C26H32BrNO3S/c1-6-25(3,4)28-16-14-26(15-17-28,24(29)30-7-2)22-18-19(27)8-13-23(22)31-20-9-11-21(32-5)12-10-20/h6,8-13,18H,1,7,14-17H2,2-5H3. The Balaban J connectivity index is 2.00. The highest BCUT2D eigenvalue weighted by atomic mass is 79.9. The zero-order chi connectivity index (χ0) is 23.4. The topological polar surface area (TPSA) is 38.8 Å². The molecule has 2 aromatic carbocycles. The molecule has 6 heteroatoms. The highest BCUT2D eigenvalue weighted by Crippen LogP contribution is 2.45. The summed E-state index contributed by atoms with van der Waals surface area (Å²) < 4.78 is 12.8. The zero-order valence-corrected chi connectivity index (χ0v) is 21.7. The second-order valence-corrected chi connectivity index (χ2v) is 10.4. The molecule has 3 rings (SSSR count). The van der Waals surface area contributed by atoms with Gasteiger partial charge in [-0.05, 0) is 82.3 Å². The summed E-state index contributed by atoms with van der Waals surface area (Å²) in [5.41, 5.74) is -0.0197. The Kier molecular flexibility index (Phi) is 8.12. The lowest BCUT2D eigenvalue weighted by Crippen LogP contribution is -2.53. The third-order valence-corrected chi connectivity index (χ3v) is 7.58. The van der Waals surface area contributed by atoms with E-state index in [9.17, 15) is 4.79 Å². The lowest BCUT2D eigenvalue weighted by Gasteiger charge is -2.46. The number of piperidine rings is 1. The molecule has 0 atom stereocenters. The van der Waals surface area contributed by atoms with Gasteiger partial charge in [0.15, 0.2) is 0 Å². The molecule has 1 heterocycles. The third-order valence-electron chi connectivity index (χ3n) is 6.34. The van der Waals surface area contributed by atoms with Gasteiger partial charge in [-0.15, -0.1) is 18.3 Å². The van der Waals surface area contributed by atoms with Crippen LogP contribution in [0.5, 0.6) is 11.5 Å². The molecule has 4 nitrogen and oxygen atoms in total. The number of thioether (sulfide) groups is 1. The van der Waals surface area contributed by atoms with E-state index in [2.05, 4.69) is 41.3 Å². The molecule has 0 aromatic heterocycles. The van der Waals surface area contributed by atoms with Gasteiger partial charge in [-0.3, -0.25) is 9.69 Å². The molecule has 1 fully saturated rings. The maximum atomic E-state index is 13.4. The quantitative estimate of drug-likeness (QED) is 0.218. The molecule has 0 saturated carbocycles. The Morgan fingerprint density at radius 2 is 1.88 bits per heavy atom. The number of hydrogen-bond donors (Lipinski definition) is 0. The summed E-state index contributed by atoms with van der Waals surface area (Å²) in [6.45, 7) is 12.0. The van der Waals surface area contributed by atoms with Crippen LogP contribution in [-0.4, -0.2) is 42.4 Å². The highest BCUT2D eigenvalue weighted by molar-refractivity contribution is 9.10. The van der Waals surface area contributed by atoms with Gasteiger partial charge in [0.25, 0.3) is 0 Å². The van der Waals surface area contributed by atoms with Crippen LogP contribution in [0.1, 0.15) is 39.2 Å². The van der Waals surface area contributed by atoms with E-state index in [0.29, 0.717) is 25.2 Å². The minimum Gasteiger partial charge on any atom is -0.465 e. The summed E-state index contributed by atoms with van der Waals surface area (Å²) in [7, 11) is 0. The predicted octanol–water partition coefficient (Wildman–Crippen LogP) is 6.82. The molecular formula is C26H32BrNO3S. The maximum absolute atomic E-state index is 13.4. The summed E-state index contributed by atoms with van der Waals surface area (Å²) in [5, 5.41) is 0. The van der Waals surface area contributed by atoms with Crippen LogP contribution in [0.25, 0.3) is 0 Å². The fourth-order valence-electron chi connectivity index (χ4n) is 4.18. The van der Waals surface area contributed by atoms with E-state index in [4.69, 9.17) is 9.47 Å². The summed E-state index contributed by atoms with van der Waals surface area (Å²) in [5.74, 6) is 1.25. The number of likely N-dealkylation sites (tertiary alicyclic amines) is 1. The fraction of sp³-hybridized carbons (Fsp3) is 0.423. The van der Waals surface area contributed by atoms with Gasteiger partial charge in [-0.25, -0.2) is 0 Å². The Labute approximate surface area is 204 Å². The molecule has 1 aliphatic heterocycles. The average Bonchev–Trinajstić information content (AvgIpc) is 2.81. The number of halogens is 1. The summed E-state index contributed by atoms with van der Waals surface area (Å²) >= 11 is 5.29. The fourth-order valence-corrected chi connectivity index (χ4v) is 4.95. The first-order valence-electron chi connectivity index (χ1n) is 10.9. The van der Waals surface area contributed by atoms with Crippen molar-refractivity contribution in [2.75, 3.05) is 26.0 Å². The van der Waals surface area contributed by atoms with E-state index in [1.165, 1.54) is 4.90 Å². The van der Waals surface area contributed by atoms with Gasteiger partial charge >= 0.3 is 5.97 Å². The van der Waals surface area contributed by atoms with Crippen molar-refractivity contribution in [2.45, 2.75) is 49.5 Å².